The third kappa shape index (κ3) is 7.29. The van der Waals surface area contributed by atoms with Crippen LogP contribution >= 0.6 is 0 Å². The van der Waals surface area contributed by atoms with Crippen LogP contribution in [0.5, 0.6) is 0 Å². The third-order valence-corrected chi connectivity index (χ3v) is 8.51. The van der Waals surface area contributed by atoms with E-state index in [1.165, 1.54) is 31.1 Å². The number of aryl methyl sites for hydroxylation is 1. The van der Waals surface area contributed by atoms with Gasteiger partial charge in [0, 0.05) is 26.7 Å². The van der Waals surface area contributed by atoms with E-state index in [1.54, 1.807) is 0 Å². The van der Waals surface area contributed by atoms with Crippen molar-refractivity contribution in [3.63, 3.8) is 0 Å². The van der Waals surface area contributed by atoms with Crippen LogP contribution in [-0.2, 0) is 26.3 Å². The largest absolute Gasteiger partial charge is 0.352 e. The summed E-state index contributed by atoms with van der Waals surface area (Å²) in [5, 5.41) is 3.09. The minimum atomic E-state index is -4.09. The van der Waals surface area contributed by atoms with E-state index in [9.17, 15) is 22.4 Å². The molecule has 10 heteroatoms. The van der Waals surface area contributed by atoms with Crippen LogP contribution in [0.1, 0.15) is 50.2 Å². The highest BCUT2D eigenvalue weighted by Crippen LogP contribution is 2.23. The van der Waals surface area contributed by atoms with Crippen molar-refractivity contribution in [2.24, 2.45) is 0 Å². The van der Waals surface area contributed by atoms with Crippen molar-refractivity contribution in [1.82, 2.24) is 14.5 Å². The quantitative estimate of drug-likeness (QED) is 0.479. The summed E-state index contributed by atoms with van der Waals surface area (Å²) in [5.74, 6) is -1.28. The van der Waals surface area contributed by atoms with E-state index in [4.69, 9.17) is 0 Å². The van der Waals surface area contributed by atoms with Gasteiger partial charge < -0.3 is 10.2 Å². The predicted octanol–water partition coefficient (Wildman–Crippen LogP) is 3.61. The number of benzene rings is 2. The number of anilines is 1. The van der Waals surface area contributed by atoms with Gasteiger partial charge in [0.1, 0.15) is 18.4 Å². The molecule has 0 radical (unpaired) electrons. The van der Waals surface area contributed by atoms with Crippen LogP contribution < -0.4 is 9.62 Å². The van der Waals surface area contributed by atoms with Gasteiger partial charge in [-0.25, -0.2) is 8.70 Å². The zero-order valence-electron chi connectivity index (χ0n) is 22.0. The summed E-state index contributed by atoms with van der Waals surface area (Å²) in [6.45, 7) is 3.41. The Morgan fingerprint density at radius 3 is 2.16 bits per heavy atom. The standard InChI is InChI=1S/C27H37FN4O4S/c1-5-25(27(34)29-23-8-6-7-9-23)31(18-21-12-10-20(2)11-13-21)26(33)19-32(37(35,36)30(3)4)24-16-14-22(28)15-17-24/h10-17,23,25H,5-9,18-19H2,1-4H3,(H,29,34). The van der Waals surface area contributed by atoms with Gasteiger partial charge in [-0.2, -0.15) is 12.7 Å². The molecule has 1 saturated carbocycles. The van der Waals surface area contributed by atoms with Gasteiger partial charge in [-0.05, 0) is 56.0 Å². The minimum absolute atomic E-state index is 0.0858. The number of carbonyl (C=O) groups is 2. The number of nitrogens with zero attached hydrogens (tertiary/aromatic N) is 3. The number of halogens is 1. The number of hydrogen-bond donors (Lipinski definition) is 1. The summed E-state index contributed by atoms with van der Waals surface area (Å²) in [6.07, 6.45) is 4.31. The zero-order chi connectivity index (χ0) is 27.2. The summed E-state index contributed by atoms with van der Waals surface area (Å²) in [6, 6.07) is 11.9. The molecule has 0 saturated heterocycles. The van der Waals surface area contributed by atoms with E-state index < -0.39 is 34.5 Å². The Hall–Kier alpha value is -2.98. The highest BCUT2D eigenvalue weighted by molar-refractivity contribution is 7.90. The SMILES string of the molecule is CCC(C(=O)NC1CCCC1)N(Cc1ccc(C)cc1)C(=O)CN(c1ccc(F)cc1)S(=O)(=O)N(C)C. The summed E-state index contributed by atoms with van der Waals surface area (Å²) < 4.78 is 41.9. The number of rotatable bonds is 11. The summed E-state index contributed by atoms with van der Waals surface area (Å²) in [4.78, 5) is 28.6. The fourth-order valence-corrected chi connectivity index (χ4v) is 5.56. The zero-order valence-corrected chi connectivity index (χ0v) is 22.8. The molecule has 1 unspecified atom stereocenters. The van der Waals surface area contributed by atoms with Crippen LogP contribution in [0.2, 0.25) is 0 Å². The van der Waals surface area contributed by atoms with Gasteiger partial charge in [0.25, 0.3) is 0 Å². The number of nitrogens with one attached hydrogen (secondary N) is 1. The molecule has 2 amide bonds. The maximum atomic E-state index is 13.8. The van der Waals surface area contributed by atoms with E-state index in [2.05, 4.69) is 5.32 Å². The molecule has 0 heterocycles. The fraction of sp³-hybridized carbons (Fsp3) is 0.481. The first-order valence-electron chi connectivity index (χ1n) is 12.6. The normalized spacial score (nSPS) is 15.0. The molecule has 3 rings (SSSR count). The van der Waals surface area contributed by atoms with Gasteiger partial charge in [-0.15, -0.1) is 0 Å². The van der Waals surface area contributed by atoms with Crippen LogP contribution in [0.25, 0.3) is 0 Å². The summed E-state index contributed by atoms with van der Waals surface area (Å²) in [5.41, 5.74) is 2.05. The maximum absolute atomic E-state index is 13.8. The molecular weight excluding hydrogens is 495 g/mol. The lowest BCUT2D eigenvalue weighted by Gasteiger charge is -2.34. The Balaban J connectivity index is 1.95. The van der Waals surface area contributed by atoms with Crippen molar-refractivity contribution >= 4 is 27.7 Å². The average Bonchev–Trinajstić information content (AvgIpc) is 3.37. The van der Waals surface area contributed by atoms with Gasteiger partial charge in [-0.1, -0.05) is 49.6 Å². The molecule has 1 aliphatic rings. The molecule has 0 bridgehead atoms. The maximum Gasteiger partial charge on any atom is 0.304 e. The highest BCUT2D eigenvalue weighted by Gasteiger charge is 2.34. The van der Waals surface area contributed by atoms with Crippen LogP contribution in [0.4, 0.5) is 10.1 Å². The molecular formula is C27H37FN4O4S. The van der Waals surface area contributed by atoms with Crippen LogP contribution in [-0.4, -0.2) is 62.2 Å². The van der Waals surface area contributed by atoms with Gasteiger partial charge in [0.05, 0.1) is 5.69 Å². The van der Waals surface area contributed by atoms with Crippen molar-refractivity contribution in [3.05, 3.63) is 65.5 Å². The predicted molar refractivity (Wildman–Crippen MR) is 143 cm³/mol. The van der Waals surface area contributed by atoms with E-state index in [-0.39, 0.29) is 24.2 Å². The van der Waals surface area contributed by atoms with Crippen molar-refractivity contribution in [2.75, 3.05) is 24.9 Å². The molecule has 202 valence electrons. The molecule has 2 aromatic rings. The Morgan fingerprint density at radius 2 is 1.62 bits per heavy atom. The number of amides is 2. The van der Waals surface area contributed by atoms with Crippen molar-refractivity contribution in [3.8, 4) is 0 Å². The van der Waals surface area contributed by atoms with Gasteiger partial charge >= 0.3 is 10.2 Å². The Bertz CT molecular complexity index is 1160. The topological polar surface area (TPSA) is 90.0 Å². The smallest absolute Gasteiger partial charge is 0.304 e. The number of hydrogen-bond acceptors (Lipinski definition) is 4. The molecule has 2 aromatic carbocycles. The number of carbonyl (C=O) groups excluding carboxylic acids is 2. The van der Waals surface area contributed by atoms with E-state index in [0.29, 0.717) is 6.42 Å². The fourth-order valence-electron chi connectivity index (χ4n) is 4.50. The minimum Gasteiger partial charge on any atom is -0.352 e. The highest BCUT2D eigenvalue weighted by atomic mass is 32.2. The van der Waals surface area contributed by atoms with Crippen LogP contribution in [0.3, 0.4) is 0 Å². The van der Waals surface area contributed by atoms with Crippen LogP contribution in [0.15, 0.2) is 48.5 Å². The molecule has 0 aromatic heterocycles. The van der Waals surface area contributed by atoms with Gasteiger partial charge in [-0.3, -0.25) is 9.59 Å². The van der Waals surface area contributed by atoms with Crippen molar-refractivity contribution in [1.29, 1.82) is 0 Å². The van der Waals surface area contributed by atoms with Crippen molar-refractivity contribution in [2.45, 2.75) is 64.6 Å². The molecule has 8 nitrogen and oxygen atoms in total. The molecule has 1 atom stereocenters. The molecule has 1 fully saturated rings. The van der Waals surface area contributed by atoms with Crippen LogP contribution in [0, 0.1) is 12.7 Å². The lowest BCUT2D eigenvalue weighted by atomic mass is 10.1. The van der Waals surface area contributed by atoms with E-state index in [1.807, 2.05) is 38.1 Å². The molecule has 0 aliphatic heterocycles. The second-order valence-electron chi connectivity index (χ2n) is 9.69. The first-order valence-corrected chi connectivity index (χ1v) is 14.0. The Labute approximate surface area is 219 Å². The lowest BCUT2D eigenvalue weighted by molar-refractivity contribution is -0.140. The van der Waals surface area contributed by atoms with Gasteiger partial charge in [0.2, 0.25) is 11.8 Å². The average molecular weight is 533 g/mol. The van der Waals surface area contributed by atoms with Crippen molar-refractivity contribution < 1.29 is 22.4 Å². The molecule has 1 N–H and O–H groups in total. The van der Waals surface area contributed by atoms with E-state index >= 15 is 0 Å². The first kappa shape index (κ1) is 28.6. The summed E-state index contributed by atoms with van der Waals surface area (Å²) >= 11 is 0. The van der Waals surface area contributed by atoms with Gasteiger partial charge in [0.15, 0.2) is 0 Å². The van der Waals surface area contributed by atoms with E-state index in [0.717, 1.165) is 57.6 Å². The second kappa shape index (κ2) is 12.5. The second-order valence-corrected chi connectivity index (χ2v) is 11.8. The lowest BCUT2D eigenvalue weighted by Crippen LogP contribution is -2.54. The first-order chi connectivity index (χ1) is 17.5. The summed E-state index contributed by atoms with van der Waals surface area (Å²) in [7, 11) is -1.36. The molecule has 37 heavy (non-hydrogen) atoms. The third-order valence-electron chi connectivity index (χ3n) is 6.69. The monoisotopic (exact) mass is 532 g/mol. The Kier molecular flexibility index (Phi) is 9.67. The molecule has 1 aliphatic carbocycles. The molecule has 0 spiro atoms. The Morgan fingerprint density at radius 1 is 1.03 bits per heavy atom.